The van der Waals surface area contributed by atoms with E-state index in [0.717, 1.165) is 73.0 Å². The van der Waals surface area contributed by atoms with E-state index in [-0.39, 0.29) is 17.2 Å². The Bertz CT molecular complexity index is 2640. The molecular formula is C75H115ClFN3O6. The normalized spacial score (nSPS) is 11.1. The number of halogens is 2. The fourth-order valence-corrected chi connectivity index (χ4v) is 7.19. The molecule has 0 aliphatic rings. The summed E-state index contributed by atoms with van der Waals surface area (Å²) < 4.78 is 46.8. The molecule has 0 fully saturated rings. The molecule has 6 rings (SSSR count). The van der Waals surface area contributed by atoms with Crippen LogP contribution in [0, 0.1) is 34.9 Å². The van der Waals surface area contributed by atoms with Gasteiger partial charge in [-0.05, 0) is 147 Å². The molecule has 0 amide bonds. The molecule has 86 heavy (non-hydrogen) atoms. The van der Waals surface area contributed by atoms with E-state index in [1.54, 1.807) is 12.1 Å². The maximum Gasteiger partial charge on any atom is 0.213 e. The summed E-state index contributed by atoms with van der Waals surface area (Å²) in [4.78, 5) is 12.8. The first-order chi connectivity index (χ1) is 40.3. The van der Waals surface area contributed by atoms with Gasteiger partial charge in [0.2, 0.25) is 11.8 Å². The molecule has 3 heterocycles. The first kappa shape index (κ1) is 78.1. The molecule has 0 saturated heterocycles. The van der Waals surface area contributed by atoms with Crippen LogP contribution in [0.2, 0.25) is 5.02 Å². The van der Waals surface area contributed by atoms with Crippen LogP contribution in [0.5, 0.6) is 34.8 Å². The predicted octanol–water partition coefficient (Wildman–Crippen LogP) is 22.2. The van der Waals surface area contributed by atoms with Crippen LogP contribution in [-0.2, 0) is 0 Å². The largest absolute Gasteiger partial charge is 0.493 e. The van der Waals surface area contributed by atoms with Crippen LogP contribution in [0.25, 0.3) is 0 Å². The first-order valence-corrected chi connectivity index (χ1v) is 32.0. The molecule has 0 saturated carbocycles. The van der Waals surface area contributed by atoms with Gasteiger partial charge in [-0.3, -0.25) is 4.98 Å². The molecule has 0 unspecified atom stereocenters. The second-order valence-corrected chi connectivity index (χ2v) is 27.1. The average Bonchev–Trinajstić information content (AvgIpc) is 3.67. The predicted molar refractivity (Wildman–Crippen MR) is 364 cm³/mol. The lowest BCUT2D eigenvalue weighted by atomic mass is 9.99. The summed E-state index contributed by atoms with van der Waals surface area (Å²) in [7, 11) is 0. The molecule has 0 bridgehead atoms. The highest BCUT2D eigenvalue weighted by atomic mass is 35.5. The van der Waals surface area contributed by atoms with Crippen LogP contribution in [0.15, 0.2) is 116 Å². The summed E-state index contributed by atoms with van der Waals surface area (Å²) in [5, 5.41) is 0.697. The fourth-order valence-electron chi connectivity index (χ4n) is 7.02. The molecule has 0 N–H and O–H groups in total. The molecule has 0 atom stereocenters. The first-order valence-electron chi connectivity index (χ1n) is 31.6. The quantitative estimate of drug-likeness (QED) is 0.0622. The van der Waals surface area contributed by atoms with Gasteiger partial charge in [0.05, 0.1) is 44.7 Å². The minimum Gasteiger partial charge on any atom is -0.493 e. The number of ether oxygens (including phenoxy) is 6. The van der Waals surface area contributed by atoms with Gasteiger partial charge < -0.3 is 28.4 Å². The van der Waals surface area contributed by atoms with Gasteiger partial charge >= 0.3 is 0 Å². The number of hydrogen-bond donors (Lipinski definition) is 0. The van der Waals surface area contributed by atoms with Gasteiger partial charge in [0.1, 0.15) is 28.8 Å². The van der Waals surface area contributed by atoms with E-state index < -0.39 is 0 Å². The standard InChI is InChI=1S/C13H19FO.C13H21NO.C13H20O.C12H17ClO.2C12H19NO/c1-9(2)8-15-11-5-6-13(14)12(7-11)10(3)4;1-10(2)11-6-7-12(14-8-11)15-9-13(3,4)5;1-10(2)9-14-13-7-5-6-12(8-13)11(3)4;1-4-7-14-12-8-10(9(2)3)5-6-11(12)13;1-9(2)8-14-11-5-6-13-12(7-11)10(3)4;1-9(2)8-14-12-6-5-11(7-13-12)10(3)4/h5-7,9-10H,8H2,1-4H3;6-8,10H,9H2,1-5H3;5-8,10-11H,9H2,1-4H3;5-6,8-9H,4,7H2,1-3H3;2*5-7,9-10H,8H2,1-4H3. The highest BCUT2D eigenvalue weighted by Crippen LogP contribution is 2.29. The minimum atomic E-state index is -0.151. The highest BCUT2D eigenvalue weighted by Gasteiger charge is 2.13. The second kappa shape index (κ2) is 42.1. The van der Waals surface area contributed by atoms with Crippen molar-refractivity contribution < 1.29 is 32.8 Å². The molecule has 0 radical (unpaired) electrons. The number of aromatic nitrogens is 3. The third-order valence-electron chi connectivity index (χ3n) is 12.4. The number of rotatable bonds is 23. The van der Waals surface area contributed by atoms with Crippen molar-refractivity contribution in [3.05, 3.63) is 160 Å². The van der Waals surface area contributed by atoms with Gasteiger partial charge in [0.25, 0.3) is 0 Å². The smallest absolute Gasteiger partial charge is 0.213 e. The van der Waals surface area contributed by atoms with E-state index in [9.17, 15) is 4.39 Å². The Kier molecular flexibility index (Phi) is 38.2. The van der Waals surface area contributed by atoms with Gasteiger partial charge in [-0.1, -0.05) is 208 Å². The van der Waals surface area contributed by atoms with E-state index in [2.05, 4.69) is 198 Å². The van der Waals surface area contributed by atoms with Crippen molar-refractivity contribution in [2.75, 3.05) is 39.6 Å². The van der Waals surface area contributed by atoms with Crippen LogP contribution in [0.1, 0.15) is 242 Å². The summed E-state index contributed by atoms with van der Waals surface area (Å²) in [5.74, 6) is 9.72. The zero-order valence-electron chi connectivity index (χ0n) is 57.7. The molecule has 0 aliphatic heterocycles. The van der Waals surface area contributed by atoms with Gasteiger partial charge in [-0.15, -0.1) is 0 Å². The number of benzene rings is 3. The fraction of sp³-hybridized carbons (Fsp3) is 0.560. The maximum atomic E-state index is 13.4. The summed E-state index contributed by atoms with van der Waals surface area (Å²) in [6.45, 7) is 55.5. The SMILES string of the molecule is CC(C)COc1ccc(C(C)C)cn1.CC(C)COc1ccc(F)c(C(C)C)c1.CC(C)COc1cccc(C(C)C)c1.CC(C)COc1ccnc(C(C)C)c1.CC(C)c1ccc(OCC(C)(C)C)nc1.CCCOc1cc(C(C)C)ccc1Cl. The lowest BCUT2D eigenvalue weighted by molar-refractivity contribution is 0.191. The lowest BCUT2D eigenvalue weighted by Gasteiger charge is -2.18. The molecule has 6 aromatic rings. The molecule has 0 aliphatic carbocycles. The van der Waals surface area contributed by atoms with Crippen molar-refractivity contribution in [3.8, 4) is 34.8 Å². The van der Waals surface area contributed by atoms with Crippen molar-refractivity contribution in [3.63, 3.8) is 0 Å². The summed E-state index contributed by atoms with van der Waals surface area (Å²) >= 11 is 6.01. The van der Waals surface area contributed by atoms with Crippen LogP contribution in [0.4, 0.5) is 4.39 Å². The zero-order valence-corrected chi connectivity index (χ0v) is 58.5. The van der Waals surface area contributed by atoms with Crippen molar-refractivity contribution in [1.82, 2.24) is 15.0 Å². The Labute approximate surface area is 528 Å². The molecular weight excluding hydrogens is 1090 g/mol. The average molecular weight is 1210 g/mol. The maximum absolute atomic E-state index is 13.4. The number of nitrogens with zero attached hydrogens (tertiary/aromatic N) is 3. The summed E-state index contributed by atoms with van der Waals surface area (Å²) in [5.41, 5.74) is 7.09. The van der Waals surface area contributed by atoms with E-state index >= 15 is 0 Å². The number of pyridine rings is 3. The Balaban J connectivity index is 0.000000516. The number of hydrogen-bond acceptors (Lipinski definition) is 9. The molecule has 9 nitrogen and oxygen atoms in total. The van der Waals surface area contributed by atoms with Crippen LogP contribution >= 0.6 is 11.6 Å². The van der Waals surface area contributed by atoms with Gasteiger partial charge in [0.15, 0.2) is 0 Å². The minimum absolute atomic E-state index is 0.151. The molecule has 3 aromatic carbocycles. The van der Waals surface area contributed by atoms with Crippen molar-refractivity contribution >= 4 is 11.6 Å². The Morgan fingerprint density at radius 1 is 0.430 bits per heavy atom. The van der Waals surface area contributed by atoms with Crippen LogP contribution in [-0.4, -0.2) is 54.6 Å². The van der Waals surface area contributed by atoms with E-state index in [0.29, 0.717) is 77.4 Å². The molecule has 3 aromatic heterocycles. The molecule has 11 heteroatoms. The lowest BCUT2D eigenvalue weighted by Crippen LogP contribution is -2.17. The Morgan fingerprint density at radius 2 is 0.884 bits per heavy atom. The van der Waals surface area contributed by atoms with Gasteiger partial charge in [-0.25, -0.2) is 14.4 Å². The van der Waals surface area contributed by atoms with Crippen molar-refractivity contribution in [2.24, 2.45) is 29.1 Å². The third kappa shape index (κ3) is 35.7. The van der Waals surface area contributed by atoms with Gasteiger partial charge in [-0.2, -0.15) is 0 Å². The Hall–Kier alpha value is -5.87. The van der Waals surface area contributed by atoms with Crippen LogP contribution in [0.3, 0.4) is 0 Å². The summed E-state index contributed by atoms with van der Waals surface area (Å²) in [6, 6.07) is 31.3. The van der Waals surface area contributed by atoms with E-state index in [1.165, 1.54) is 28.3 Å². The van der Waals surface area contributed by atoms with Crippen LogP contribution < -0.4 is 28.4 Å². The molecule has 0 spiro atoms. The second-order valence-electron chi connectivity index (χ2n) is 26.7. The third-order valence-corrected chi connectivity index (χ3v) is 12.7. The highest BCUT2D eigenvalue weighted by molar-refractivity contribution is 6.32. The van der Waals surface area contributed by atoms with E-state index in [1.807, 2.05) is 81.0 Å². The van der Waals surface area contributed by atoms with Gasteiger partial charge in [0, 0.05) is 42.5 Å². The Morgan fingerprint density at radius 3 is 1.31 bits per heavy atom. The zero-order chi connectivity index (χ0) is 65.1. The van der Waals surface area contributed by atoms with E-state index in [4.69, 9.17) is 40.0 Å². The monoisotopic (exact) mass is 1210 g/mol. The summed E-state index contributed by atoms with van der Waals surface area (Å²) in [6.07, 6.45) is 6.59. The van der Waals surface area contributed by atoms with Crippen molar-refractivity contribution in [2.45, 2.75) is 208 Å². The topological polar surface area (TPSA) is 94.1 Å². The van der Waals surface area contributed by atoms with Crippen molar-refractivity contribution in [1.29, 1.82) is 0 Å². The molecule has 480 valence electrons.